The van der Waals surface area contributed by atoms with E-state index >= 15 is 0 Å². The topological polar surface area (TPSA) is 50.7 Å². The molecule has 1 fully saturated rings. The Labute approximate surface area is 113 Å². The second-order valence-electron chi connectivity index (χ2n) is 5.58. The number of hydrogen-bond acceptors (Lipinski definition) is 4. The van der Waals surface area contributed by atoms with Crippen molar-refractivity contribution in [1.29, 1.82) is 0 Å². The van der Waals surface area contributed by atoms with E-state index in [0.717, 1.165) is 37.3 Å². The molecule has 1 heterocycles. The van der Waals surface area contributed by atoms with Gasteiger partial charge >= 0.3 is 0 Å². The third-order valence-corrected chi connectivity index (χ3v) is 4.12. The minimum absolute atomic E-state index is 0.0901. The summed E-state index contributed by atoms with van der Waals surface area (Å²) in [5.41, 5.74) is 1.21. The van der Waals surface area contributed by atoms with Crippen LogP contribution in [0.5, 0.6) is 11.5 Å². The molecule has 1 aromatic carbocycles. The molecule has 1 aromatic rings. The van der Waals surface area contributed by atoms with Gasteiger partial charge in [-0.05, 0) is 56.3 Å². The van der Waals surface area contributed by atoms with Gasteiger partial charge in [0.25, 0.3) is 0 Å². The molecule has 3 rings (SSSR count). The Morgan fingerprint density at radius 2 is 2.16 bits per heavy atom. The summed E-state index contributed by atoms with van der Waals surface area (Å²) < 4.78 is 10.7. The first-order valence-electron chi connectivity index (χ1n) is 7.03. The highest BCUT2D eigenvalue weighted by molar-refractivity contribution is 5.45. The van der Waals surface area contributed by atoms with Crippen molar-refractivity contribution in [2.75, 3.05) is 13.3 Å². The summed E-state index contributed by atoms with van der Waals surface area (Å²) >= 11 is 0. The lowest BCUT2D eigenvalue weighted by Crippen LogP contribution is -2.25. The first kappa shape index (κ1) is 12.8. The number of nitrogens with one attached hydrogen (secondary N) is 1. The average molecular weight is 263 g/mol. The number of rotatable bonds is 4. The van der Waals surface area contributed by atoms with Gasteiger partial charge in [-0.15, -0.1) is 0 Å². The average Bonchev–Trinajstić information content (AvgIpc) is 3.03. The molecule has 0 saturated heterocycles. The smallest absolute Gasteiger partial charge is 0.231 e. The van der Waals surface area contributed by atoms with E-state index in [1.807, 2.05) is 12.1 Å². The summed E-state index contributed by atoms with van der Waals surface area (Å²) in [6.07, 6.45) is 2.92. The Bertz CT molecular complexity index is 449. The molecule has 4 nitrogen and oxygen atoms in total. The van der Waals surface area contributed by atoms with Crippen molar-refractivity contribution in [3.63, 3.8) is 0 Å². The number of fused-ring (bicyclic) bond motifs is 1. The van der Waals surface area contributed by atoms with Gasteiger partial charge in [-0.25, -0.2) is 0 Å². The van der Waals surface area contributed by atoms with Crippen LogP contribution in [0, 0.1) is 5.92 Å². The molecule has 0 amide bonds. The fraction of sp³-hybridized carbons (Fsp3) is 0.600. The van der Waals surface area contributed by atoms with Crippen LogP contribution in [0.4, 0.5) is 0 Å². The summed E-state index contributed by atoms with van der Waals surface area (Å²) in [6.45, 7) is 3.44. The minimum atomic E-state index is -0.0901. The molecule has 2 aliphatic rings. The fourth-order valence-electron chi connectivity index (χ4n) is 2.88. The van der Waals surface area contributed by atoms with E-state index < -0.39 is 0 Å². The molecule has 4 heteroatoms. The number of ether oxygens (including phenoxy) is 2. The lowest BCUT2D eigenvalue weighted by atomic mass is 10.0. The molecule has 104 valence electrons. The normalized spacial score (nSPS) is 26.6. The zero-order valence-electron chi connectivity index (χ0n) is 11.3. The Kier molecular flexibility index (Phi) is 3.62. The molecular weight excluding hydrogens is 242 g/mol. The largest absolute Gasteiger partial charge is 0.454 e. The maximum absolute atomic E-state index is 9.53. The van der Waals surface area contributed by atoms with Crippen molar-refractivity contribution < 1.29 is 14.6 Å². The number of hydrogen-bond donors (Lipinski definition) is 2. The van der Waals surface area contributed by atoms with Gasteiger partial charge in [0.05, 0.1) is 6.10 Å². The molecule has 3 atom stereocenters. The van der Waals surface area contributed by atoms with Gasteiger partial charge < -0.3 is 19.9 Å². The van der Waals surface area contributed by atoms with Crippen LogP contribution in [-0.2, 0) is 0 Å². The zero-order valence-corrected chi connectivity index (χ0v) is 11.3. The van der Waals surface area contributed by atoms with Crippen LogP contribution in [0.25, 0.3) is 0 Å². The van der Waals surface area contributed by atoms with Crippen LogP contribution in [0.2, 0.25) is 0 Å². The van der Waals surface area contributed by atoms with E-state index in [2.05, 4.69) is 18.3 Å². The third-order valence-electron chi connectivity index (χ3n) is 4.12. The van der Waals surface area contributed by atoms with Gasteiger partial charge in [0.1, 0.15) is 0 Å². The molecule has 1 aliphatic carbocycles. The van der Waals surface area contributed by atoms with E-state index in [1.54, 1.807) is 0 Å². The van der Waals surface area contributed by atoms with Gasteiger partial charge in [0, 0.05) is 6.04 Å². The molecule has 0 bridgehead atoms. The molecule has 1 aliphatic heterocycles. The van der Waals surface area contributed by atoms with Crippen LogP contribution in [0.1, 0.15) is 37.8 Å². The Balaban J connectivity index is 1.56. The van der Waals surface area contributed by atoms with E-state index in [0.29, 0.717) is 12.7 Å². The quantitative estimate of drug-likeness (QED) is 0.874. The summed E-state index contributed by atoms with van der Waals surface area (Å²) in [5.74, 6) is 2.27. The Morgan fingerprint density at radius 1 is 1.32 bits per heavy atom. The van der Waals surface area contributed by atoms with Crippen molar-refractivity contribution >= 4 is 0 Å². The second-order valence-corrected chi connectivity index (χ2v) is 5.58. The standard InChI is InChI=1S/C15H21NO3/c1-10(16-8-11-2-4-13(17)6-11)12-3-5-14-15(7-12)19-9-18-14/h3,5,7,10-11,13,16-17H,2,4,6,8-9H2,1H3. The summed E-state index contributed by atoms with van der Waals surface area (Å²) in [4.78, 5) is 0. The highest BCUT2D eigenvalue weighted by Crippen LogP contribution is 2.34. The molecule has 2 N–H and O–H groups in total. The lowest BCUT2D eigenvalue weighted by Gasteiger charge is -2.17. The van der Waals surface area contributed by atoms with Crippen molar-refractivity contribution in [2.45, 2.75) is 38.3 Å². The predicted octanol–water partition coefficient (Wildman–Crippen LogP) is 2.23. The number of aliphatic hydroxyl groups excluding tert-OH is 1. The SMILES string of the molecule is CC(NCC1CCC(O)C1)c1ccc2c(c1)OCO2. The maximum Gasteiger partial charge on any atom is 0.231 e. The van der Waals surface area contributed by atoms with Crippen LogP contribution < -0.4 is 14.8 Å². The van der Waals surface area contributed by atoms with E-state index in [9.17, 15) is 5.11 Å². The molecule has 0 aromatic heterocycles. The number of benzene rings is 1. The van der Waals surface area contributed by atoms with Crippen LogP contribution >= 0.6 is 0 Å². The third kappa shape index (κ3) is 2.85. The highest BCUT2D eigenvalue weighted by atomic mass is 16.7. The van der Waals surface area contributed by atoms with E-state index in [1.165, 1.54) is 5.56 Å². The Morgan fingerprint density at radius 3 is 2.95 bits per heavy atom. The molecule has 0 radical (unpaired) electrons. The van der Waals surface area contributed by atoms with Crippen molar-refractivity contribution in [1.82, 2.24) is 5.32 Å². The van der Waals surface area contributed by atoms with Crippen molar-refractivity contribution in [2.24, 2.45) is 5.92 Å². The highest BCUT2D eigenvalue weighted by Gasteiger charge is 2.23. The van der Waals surface area contributed by atoms with Crippen molar-refractivity contribution in [3.05, 3.63) is 23.8 Å². The summed E-state index contributed by atoms with van der Waals surface area (Å²) in [6, 6.07) is 6.38. The first-order valence-corrected chi connectivity index (χ1v) is 7.03. The second kappa shape index (κ2) is 5.39. The summed E-state index contributed by atoms with van der Waals surface area (Å²) in [7, 11) is 0. The van der Waals surface area contributed by atoms with Gasteiger partial charge in [-0.1, -0.05) is 6.07 Å². The van der Waals surface area contributed by atoms with Gasteiger partial charge in [0.15, 0.2) is 11.5 Å². The molecule has 3 unspecified atom stereocenters. The number of aliphatic hydroxyl groups is 1. The molecule has 19 heavy (non-hydrogen) atoms. The van der Waals surface area contributed by atoms with E-state index in [-0.39, 0.29) is 12.1 Å². The fourth-order valence-corrected chi connectivity index (χ4v) is 2.88. The molecule has 1 saturated carbocycles. The predicted molar refractivity (Wildman–Crippen MR) is 72.3 cm³/mol. The maximum atomic E-state index is 9.53. The lowest BCUT2D eigenvalue weighted by molar-refractivity contribution is 0.174. The minimum Gasteiger partial charge on any atom is -0.454 e. The van der Waals surface area contributed by atoms with Crippen LogP contribution in [-0.4, -0.2) is 24.5 Å². The first-order chi connectivity index (χ1) is 9.22. The van der Waals surface area contributed by atoms with Crippen LogP contribution in [0.3, 0.4) is 0 Å². The molecular formula is C15H21NO3. The monoisotopic (exact) mass is 263 g/mol. The van der Waals surface area contributed by atoms with E-state index in [4.69, 9.17) is 9.47 Å². The van der Waals surface area contributed by atoms with Crippen LogP contribution in [0.15, 0.2) is 18.2 Å². The molecule has 0 spiro atoms. The Hall–Kier alpha value is -1.26. The van der Waals surface area contributed by atoms with Gasteiger partial charge in [-0.3, -0.25) is 0 Å². The van der Waals surface area contributed by atoms with Gasteiger partial charge in [0.2, 0.25) is 6.79 Å². The van der Waals surface area contributed by atoms with Crippen molar-refractivity contribution in [3.8, 4) is 11.5 Å². The zero-order chi connectivity index (χ0) is 13.2. The van der Waals surface area contributed by atoms with Gasteiger partial charge in [-0.2, -0.15) is 0 Å². The summed E-state index contributed by atoms with van der Waals surface area (Å²) in [5, 5.41) is 13.1.